The molecule has 1 saturated heterocycles. The van der Waals surface area contributed by atoms with E-state index >= 15 is 0 Å². The summed E-state index contributed by atoms with van der Waals surface area (Å²) < 4.78 is 0. The number of carbonyl (C=O) groups excluding carboxylic acids is 2. The molecule has 1 N–H and O–H groups in total. The molecular formula is C18H24N2O2S. The van der Waals surface area contributed by atoms with Crippen molar-refractivity contribution in [3.63, 3.8) is 0 Å². The predicted octanol–water partition coefficient (Wildman–Crippen LogP) is 3.73. The predicted molar refractivity (Wildman–Crippen MR) is 92.6 cm³/mol. The van der Waals surface area contributed by atoms with Crippen molar-refractivity contribution in [2.75, 3.05) is 12.3 Å². The van der Waals surface area contributed by atoms with Crippen molar-refractivity contribution >= 4 is 23.7 Å². The number of aryl methyl sites for hydroxylation is 1. The summed E-state index contributed by atoms with van der Waals surface area (Å²) in [6.45, 7) is 2.54. The number of nitrogens with one attached hydrogen (secondary N) is 1. The highest BCUT2D eigenvalue weighted by atomic mass is 32.2. The van der Waals surface area contributed by atoms with Gasteiger partial charge in [-0.2, -0.15) is 0 Å². The summed E-state index contributed by atoms with van der Waals surface area (Å²) in [6.07, 6.45) is 5.96. The molecule has 2 aliphatic rings. The molecule has 1 aromatic rings. The van der Waals surface area contributed by atoms with Crippen LogP contribution in [0.1, 0.15) is 44.1 Å². The van der Waals surface area contributed by atoms with Crippen LogP contribution in [0.4, 0.5) is 4.79 Å². The molecule has 3 amide bonds. The number of thioether (sulfide) groups is 1. The van der Waals surface area contributed by atoms with Crippen molar-refractivity contribution in [3.8, 4) is 0 Å². The Bertz CT molecular complexity index is 577. The molecule has 1 heterocycles. The number of hydrogen-bond donors (Lipinski definition) is 1. The Kier molecular flexibility index (Phi) is 4.95. The third-order valence-corrected chi connectivity index (χ3v) is 5.80. The van der Waals surface area contributed by atoms with Crippen molar-refractivity contribution < 1.29 is 9.59 Å². The monoisotopic (exact) mass is 332 g/mol. The van der Waals surface area contributed by atoms with E-state index in [2.05, 4.69) is 36.5 Å². The Balaban J connectivity index is 1.58. The van der Waals surface area contributed by atoms with Crippen LogP contribution in [0.5, 0.6) is 0 Å². The van der Waals surface area contributed by atoms with Crippen molar-refractivity contribution in [3.05, 3.63) is 29.8 Å². The van der Waals surface area contributed by atoms with Crippen molar-refractivity contribution in [2.24, 2.45) is 0 Å². The molecule has 1 aliphatic heterocycles. The lowest BCUT2D eigenvalue weighted by Crippen LogP contribution is -2.46. The average Bonchev–Trinajstić information content (AvgIpc) is 2.72. The summed E-state index contributed by atoms with van der Waals surface area (Å²) in [5.74, 6) is 0.729. The first-order valence-electron chi connectivity index (χ1n) is 8.44. The van der Waals surface area contributed by atoms with Gasteiger partial charge in [0.1, 0.15) is 5.54 Å². The maximum atomic E-state index is 12.8. The van der Waals surface area contributed by atoms with Gasteiger partial charge in [0.25, 0.3) is 5.91 Å². The summed E-state index contributed by atoms with van der Waals surface area (Å²) in [6, 6.07) is 8.12. The van der Waals surface area contributed by atoms with E-state index in [1.165, 1.54) is 15.4 Å². The highest BCUT2D eigenvalue weighted by molar-refractivity contribution is 7.99. The largest absolute Gasteiger partial charge is 0.325 e. The lowest BCUT2D eigenvalue weighted by molar-refractivity contribution is -0.131. The SMILES string of the molecule is Cc1ccc(SCCN2C(=O)NC3(CCCCCC3)C2=O)cc1. The molecule has 0 atom stereocenters. The molecule has 0 bridgehead atoms. The van der Waals surface area contributed by atoms with Crippen LogP contribution in [0.3, 0.4) is 0 Å². The number of imide groups is 1. The Morgan fingerprint density at radius 3 is 2.39 bits per heavy atom. The lowest BCUT2D eigenvalue weighted by atomic mass is 9.90. The molecule has 0 aromatic heterocycles. The van der Waals surface area contributed by atoms with E-state index in [9.17, 15) is 9.59 Å². The van der Waals surface area contributed by atoms with Gasteiger partial charge < -0.3 is 5.32 Å². The van der Waals surface area contributed by atoms with Gasteiger partial charge in [0.2, 0.25) is 0 Å². The minimum absolute atomic E-state index is 0.00564. The van der Waals surface area contributed by atoms with Crippen LogP contribution in [-0.2, 0) is 4.79 Å². The van der Waals surface area contributed by atoms with E-state index in [0.717, 1.165) is 44.3 Å². The number of urea groups is 1. The van der Waals surface area contributed by atoms with Gasteiger partial charge in [0.15, 0.2) is 0 Å². The van der Waals surface area contributed by atoms with Crippen LogP contribution >= 0.6 is 11.8 Å². The minimum Gasteiger partial charge on any atom is -0.323 e. The topological polar surface area (TPSA) is 49.4 Å². The zero-order valence-electron chi connectivity index (χ0n) is 13.6. The van der Waals surface area contributed by atoms with E-state index < -0.39 is 5.54 Å². The zero-order valence-corrected chi connectivity index (χ0v) is 14.5. The molecule has 1 aromatic carbocycles. The number of carbonyl (C=O) groups is 2. The second kappa shape index (κ2) is 6.95. The lowest BCUT2D eigenvalue weighted by Gasteiger charge is -2.24. The third-order valence-electron chi connectivity index (χ3n) is 4.81. The summed E-state index contributed by atoms with van der Waals surface area (Å²) in [4.78, 5) is 27.6. The standard InChI is InChI=1S/C18H24N2O2S/c1-14-6-8-15(9-7-14)23-13-12-20-16(21)18(19-17(20)22)10-4-2-3-5-11-18/h6-9H,2-5,10-13H2,1H3,(H,19,22). The van der Waals surface area contributed by atoms with E-state index in [1.807, 2.05) is 0 Å². The zero-order chi connectivity index (χ0) is 16.3. The maximum absolute atomic E-state index is 12.8. The number of hydrogen-bond acceptors (Lipinski definition) is 3. The molecule has 1 aliphatic carbocycles. The molecule has 0 radical (unpaired) electrons. The Morgan fingerprint density at radius 1 is 1.09 bits per heavy atom. The molecule has 1 saturated carbocycles. The first kappa shape index (κ1) is 16.4. The second-order valence-corrected chi connectivity index (χ2v) is 7.71. The van der Waals surface area contributed by atoms with Gasteiger partial charge in [0, 0.05) is 17.2 Å². The summed E-state index contributed by atoms with van der Waals surface area (Å²) in [5, 5.41) is 2.99. The van der Waals surface area contributed by atoms with Crippen LogP contribution in [-0.4, -0.2) is 34.7 Å². The van der Waals surface area contributed by atoms with Crippen LogP contribution < -0.4 is 5.32 Å². The van der Waals surface area contributed by atoms with E-state index in [1.54, 1.807) is 11.8 Å². The van der Waals surface area contributed by atoms with E-state index in [0.29, 0.717) is 6.54 Å². The van der Waals surface area contributed by atoms with Crippen molar-refractivity contribution in [1.82, 2.24) is 10.2 Å². The number of rotatable bonds is 4. The highest BCUT2D eigenvalue weighted by Crippen LogP contribution is 2.33. The normalized spacial score (nSPS) is 20.7. The smallest absolute Gasteiger partial charge is 0.323 e. The second-order valence-electron chi connectivity index (χ2n) is 6.54. The van der Waals surface area contributed by atoms with E-state index in [4.69, 9.17) is 0 Å². The van der Waals surface area contributed by atoms with Gasteiger partial charge >= 0.3 is 6.03 Å². The molecule has 2 fully saturated rings. The molecule has 124 valence electrons. The van der Waals surface area contributed by atoms with Crippen LogP contribution in [0.2, 0.25) is 0 Å². The quantitative estimate of drug-likeness (QED) is 0.675. The Morgan fingerprint density at radius 2 is 1.74 bits per heavy atom. The van der Waals surface area contributed by atoms with Gasteiger partial charge in [-0.05, 0) is 31.9 Å². The summed E-state index contributed by atoms with van der Waals surface area (Å²) in [7, 11) is 0. The molecule has 3 rings (SSSR count). The average molecular weight is 332 g/mol. The van der Waals surface area contributed by atoms with Crippen molar-refractivity contribution in [2.45, 2.75) is 55.9 Å². The molecule has 23 heavy (non-hydrogen) atoms. The number of nitrogens with zero attached hydrogens (tertiary/aromatic N) is 1. The molecule has 4 nitrogen and oxygen atoms in total. The number of amides is 3. The fourth-order valence-corrected chi connectivity index (χ4v) is 4.28. The van der Waals surface area contributed by atoms with Gasteiger partial charge in [-0.1, -0.05) is 43.4 Å². The molecule has 1 spiro atoms. The first-order valence-corrected chi connectivity index (χ1v) is 9.43. The van der Waals surface area contributed by atoms with Crippen LogP contribution in [0.25, 0.3) is 0 Å². The van der Waals surface area contributed by atoms with Crippen molar-refractivity contribution in [1.29, 1.82) is 0 Å². The van der Waals surface area contributed by atoms with Crippen LogP contribution in [0.15, 0.2) is 29.2 Å². The van der Waals surface area contributed by atoms with Gasteiger partial charge in [-0.15, -0.1) is 11.8 Å². The molecule has 0 unspecified atom stereocenters. The Hall–Kier alpha value is -1.49. The van der Waals surface area contributed by atoms with Gasteiger partial charge in [-0.3, -0.25) is 9.69 Å². The minimum atomic E-state index is -0.609. The fourth-order valence-electron chi connectivity index (χ4n) is 3.44. The fraction of sp³-hybridized carbons (Fsp3) is 0.556. The highest BCUT2D eigenvalue weighted by Gasteiger charge is 2.50. The number of benzene rings is 1. The maximum Gasteiger partial charge on any atom is 0.325 e. The van der Waals surface area contributed by atoms with Gasteiger partial charge in [-0.25, -0.2) is 4.79 Å². The summed E-state index contributed by atoms with van der Waals surface area (Å²) >= 11 is 1.69. The van der Waals surface area contributed by atoms with E-state index in [-0.39, 0.29) is 11.9 Å². The summed E-state index contributed by atoms with van der Waals surface area (Å²) in [5.41, 5.74) is 0.626. The van der Waals surface area contributed by atoms with Gasteiger partial charge in [0.05, 0.1) is 0 Å². The van der Waals surface area contributed by atoms with Crippen LogP contribution in [0, 0.1) is 6.92 Å². The third kappa shape index (κ3) is 3.55. The Labute approximate surface area is 142 Å². The molecular weight excluding hydrogens is 308 g/mol. The first-order chi connectivity index (χ1) is 11.1. The molecule has 5 heteroatoms.